The lowest BCUT2D eigenvalue weighted by atomic mass is 9.72. The zero-order valence-corrected chi connectivity index (χ0v) is 59.1. The third-order valence-corrected chi connectivity index (χ3v) is 23.2. The molecule has 15 aromatic carbocycles. The summed E-state index contributed by atoms with van der Waals surface area (Å²) in [7, 11) is 0. The van der Waals surface area contributed by atoms with Gasteiger partial charge < -0.3 is 8.83 Å². The molecular weight excluding hydrogens is 1340 g/mol. The molecule has 8 heteroatoms. The van der Waals surface area contributed by atoms with Crippen molar-refractivity contribution in [3.05, 3.63) is 409 Å². The monoisotopic (exact) mass is 1400 g/mol. The predicted molar refractivity (Wildman–Crippen MR) is 440 cm³/mol. The molecule has 23 rings (SSSR count). The number of rotatable bonds is 10. The highest BCUT2D eigenvalue weighted by molar-refractivity contribution is 6.08. The molecule has 8 nitrogen and oxygen atoms in total. The molecule has 510 valence electrons. The van der Waals surface area contributed by atoms with E-state index in [1.54, 1.807) is 0 Å². The van der Waals surface area contributed by atoms with Crippen LogP contribution in [0.2, 0.25) is 0 Å². The van der Waals surface area contributed by atoms with Crippen LogP contribution >= 0.6 is 0 Å². The molecular formula is C102H60N6O2. The maximum absolute atomic E-state index is 7.15. The summed E-state index contributed by atoms with van der Waals surface area (Å²) in [5.74, 6) is 5.31. The number of hydrogen-bond acceptors (Lipinski definition) is 8. The molecule has 0 fully saturated rings. The van der Waals surface area contributed by atoms with Gasteiger partial charge in [0.15, 0.2) is 34.9 Å². The quantitative estimate of drug-likeness (QED) is 0.133. The van der Waals surface area contributed by atoms with Crippen LogP contribution in [0.25, 0.3) is 179 Å². The van der Waals surface area contributed by atoms with E-state index in [2.05, 4.69) is 328 Å². The lowest BCUT2D eigenvalue weighted by molar-refractivity contribution is 0.506. The number of para-hydroxylation sites is 2. The van der Waals surface area contributed by atoms with Crippen LogP contribution in [0.15, 0.2) is 373 Å². The van der Waals surface area contributed by atoms with E-state index in [9.17, 15) is 0 Å². The minimum Gasteiger partial charge on any atom is -0.459 e. The summed E-state index contributed by atoms with van der Waals surface area (Å²) in [6.45, 7) is 0. The number of benzene rings is 15. The van der Waals surface area contributed by atoms with Gasteiger partial charge in [-0.3, -0.25) is 0 Å². The van der Waals surface area contributed by atoms with E-state index in [4.69, 9.17) is 38.7 Å². The maximum Gasteiger partial charge on any atom is 0.164 e. The molecule has 0 saturated heterocycles. The molecule has 1 unspecified atom stereocenters. The van der Waals surface area contributed by atoms with Gasteiger partial charge in [0.1, 0.15) is 33.5 Å². The first-order chi connectivity index (χ1) is 54.5. The first-order valence-corrected chi connectivity index (χ1v) is 37.4. The van der Waals surface area contributed by atoms with Crippen molar-refractivity contribution in [2.24, 2.45) is 0 Å². The molecule has 0 N–H and O–H groups in total. The van der Waals surface area contributed by atoms with Crippen LogP contribution in [0.1, 0.15) is 44.9 Å². The molecule has 1 atom stereocenters. The van der Waals surface area contributed by atoms with Crippen LogP contribution in [0.5, 0.6) is 0 Å². The van der Waals surface area contributed by atoms with Gasteiger partial charge in [-0.25, -0.2) is 29.9 Å². The maximum atomic E-state index is 7.15. The minimum atomic E-state index is -0.716. The average Bonchev–Trinajstić information content (AvgIpc) is 1.50. The van der Waals surface area contributed by atoms with E-state index in [-0.39, 0.29) is 0 Å². The van der Waals surface area contributed by atoms with Gasteiger partial charge in [0, 0.05) is 55.3 Å². The Labute approximate surface area is 633 Å². The lowest BCUT2D eigenvalue weighted by Crippen LogP contribution is -2.25. The highest BCUT2D eigenvalue weighted by Gasteiger charge is 2.57. The van der Waals surface area contributed by atoms with Gasteiger partial charge in [-0.05, 0) is 160 Å². The van der Waals surface area contributed by atoms with Crippen molar-refractivity contribution in [1.82, 2.24) is 29.9 Å². The van der Waals surface area contributed by atoms with E-state index in [1.807, 2.05) is 36.4 Å². The van der Waals surface area contributed by atoms with Crippen LogP contribution in [-0.4, -0.2) is 29.9 Å². The van der Waals surface area contributed by atoms with E-state index in [0.29, 0.717) is 34.9 Å². The first kappa shape index (κ1) is 61.7. The van der Waals surface area contributed by atoms with Crippen molar-refractivity contribution >= 4 is 21.9 Å². The molecule has 4 aliphatic carbocycles. The second kappa shape index (κ2) is 24.0. The minimum absolute atomic E-state index is 0.551. The van der Waals surface area contributed by atoms with Crippen molar-refractivity contribution in [3.8, 4) is 157 Å². The van der Waals surface area contributed by atoms with Gasteiger partial charge in [-0.1, -0.05) is 315 Å². The van der Waals surface area contributed by atoms with Gasteiger partial charge in [0.25, 0.3) is 0 Å². The largest absolute Gasteiger partial charge is 0.459 e. The molecule has 2 spiro atoms. The van der Waals surface area contributed by atoms with Crippen molar-refractivity contribution in [1.29, 1.82) is 0 Å². The summed E-state index contributed by atoms with van der Waals surface area (Å²) in [5, 5.41) is 2.22. The SMILES string of the molecule is c1ccc(-c2cc(-c3cccc(-c4cccc(-c5nc(-c6ccccc6)nc(-c6cccc7c6-c6ccccc6C76c7ccccc7-c7c6oc6ccccc76)n5)c4)c3)cc(-c3nc(-c4ccccc4)nc(-c4ccccc4-c4ccc5c(c4)C4(c6ccccc6-c6ccccc64)c4oc6ccccc6c4-5)n3)c2)cc1. The highest BCUT2D eigenvalue weighted by atomic mass is 16.3. The van der Waals surface area contributed by atoms with Crippen LogP contribution in [0.4, 0.5) is 0 Å². The fourth-order valence-electron chi connectivity index (χ4n) is 18.5. The van der Waals surface area contributed by atoms with E-state index in [0.717, 1.165) is 145 Å². The molecule has 0 bridgehead atoms. The Bertz CT molecular complexity index is 7010. The molecule has 4 heterocycles. The topological polar surface area (TPSA) is 104 Å². The molecule has 0 saturated carbocycles. The number of furan rings is 2. The summed E-state index contributed by atoms with van der Waals surface area (Å²) in [6.07, 6.45) is 0. The van der Waals surface area contributed by atoms with Gasteiger partial charge in [-0.15, -0.1) is 0 Å². The Balaban J connectivity index is 0.645. The van der Waals surface area contributed by atoms with Crippen molar-refractivity contribution < 1.29 is 8.83 Å². The Kier molecular flexibility index (Phi) is 13.4. The van der Waals surface area contributed by atoms with E-state index >= 15 is 0 Å². The Morgan fingerprint density at radius 1 is 0.173 bits per heavy atom. The zero-order chi connectivity index (χ0) is 72.2. The summed E-state index contributed by atoms with van der Waals surface area (Å²) in [4.78, 5) is 32.7. The molecule has 0 amide bonds. The number of fused-ring (bicyclic) bond motifs is 24. The normalized spacial score (nSPS) is 14.1. The van der Waals surface area contributed by atoms with Gasteiger partial charge in [0.2, 0.25) is 0 Å². The lowest BCUT2D eigenvalue weighted by Gasteiger charge is -2.28. The number of hydrogen-bond donors (Lipinski definition) is 0. The van der Waals surface area contributed by atoms with Gasteiger partial charge in [0.05, 0.1) is 0 Å². The molecule has 110 heavy (non-hydrogen) atoms. The first-order valence-electron chi connectivity index (χ1n) is 37.4. The Hall–Kier alpha value is -14.6. The molecule has 0 radical (unpaired) electrons. The Morgan fingerprint density at radius 2 is 0.509 bits per heavy atom. The fourth-order valence-corrected chi connectivity index (χ4v) is 18.5. The summed E-state index contributed by atoms with van der Waals surface area (Å²) < 4.78 is 14.3. The van der Waals surface area contributed by atoms with Crippen LogP contribution in [-0.2, 0) is 10.8 Å². The summed E-state index contributed by atoms with van der Waals surface area (Å²) in [6, 6.07) is 129. The average molecular weight is 1400 g/mol. The van der Waals surface area contributed by atoms with Crippen LogP contribution in [0.3, 0.4) is 0 Å². The summed E-state index contributed by atoms with van der Waals surface area (Å²) in [5.41, 5.74) is 30.2. The predicted octanol–water partition coefficient (Wildman–Crippen LogP) is 24.9. The third-order valence-electron chi connectivity index (χ3n) is 23.2. The molecule has 4 aliphatic rings. The zero-order valence-electron chi connectivity index (χ0n) is 59.1. The second-order valence-corrected chi connectivity index (χ2v) is 29.0. The molecule has 0 aliphatic heterocycles. The number of aromatic nitrogens is 6. The fraction of sp³-hybridized carbons (Fsp3) is 0.0196. The third kappa shape index (κ3) is 9.02. The summed E-state index contributed by atoms with van der Waals surface area (Å²) >= 11 is 0. The smallest absolute Gasteiger partial charge is 0.164 e. The van der Waals surface area contributed by atoms with Crippen molar-refractivity contribution in [2.45, 2.75) is 10.8 Å². The van der Waals surface area contributed by atoms with E-state index < -0.39 is 10.8 Å². The van der Waals surface area contributed by atoms with Crippen molar-refractivity contribution in [2.75, 3.05) is 0 Å². The molecule has 4 aromatic heterocycles. The van der Waals surface area contributed by atoms with Crippen molar-refractivity contribution in [3.63, 3.8) is 0 Å². The second-order valence-electron chi connectivity index (χ2n) is 29.0. The Morgan fingerprint density at radius 3 is 1.08 bits per heavy atom. The molecule has 19 aromatic rings. The van der Waals surface area contributed by atoms with E-state index in [1.165, 1.54) is 44.5 Å². The number of nitrogens with zero attached hydrogens (tertiary/aromatic N) is 6. The van der Waals surface area contributed by atoms with Crippen LogP contribution < -0.4 is 0 Å². The highest BCUT2D eigenvalue weighted by Crippen LogP contribution is 2.67. The standard InChI is InChI=1S/C102H60N6O2/c1-4-27-61(28-5-1)69-57-70(59-71(58-69)98-104-96(63-31-8-3-9-32-63)105-99(108-98)75-40-11-10-37-72(75)67-53-54-78-87(60-67)102(94-92(78)80-44-17-23-52-89(80)110-94)82-46-18-12-38-73(82)74-39-13-19-47-83(74)102)66-35-24-33-64(55-66)65-34-25-36-68(56-65)97-103-95(62-29-6-2-7-30-62)106-100(107-97)81-45-26-50-86-90(81)76-41-14-20-48-84(76)101(86)85-49-21-15-42-77(85)91-79-43-16-22-51-88(79)109-93(91)101/h1-60H. The van der Waals surface area contributed by atoms with Crippen LogP contribution in [0, 0.1) is 0 Å². The van der Waals surface area contributed by atoms with Gasteiger partial charge >= 0.3 is 0 Å². The van der Waals surface area contributed by atoms with Gasteiger partial charge in [-0.2, -0.15) is 0 Å².